The molecule has 2 saturated carbocycles. The van der Waals surface area contributed by atoms with Crippen LogP contribution in [0, 0.1) is 34.3 Å². The van der Waals surface area contributed by atoms with Crippen LogP contribution in [0.2, 0.25) is 0 Å². The lowest BCUT2D eigenvalue weighted by Gasteiger charge is -2.60. The number of carbonyl (C=O) groups excluding carboxylic acids is 2. The minimum absolute atomic E-state index is 0.0305. The molecule has 4 rings (SSSR count). The number of nitrogens with one attached hydrogen (secondary N) is 2. The maximum absolute atomic E-state index is 13.5. The summed E-state index contributed by atoms with van der Waals surface area (Å²) in [5, 5.41) is 27.0. The third kappa shape index (κ3) is 5.83. The Morgan fingerprint density at radius 2 is 1.74 bits per heavy atom. The number of para-hydroxylation sites is 1. The van der Waals surface area contributed by atoms with Gasteiger partial charge in [-0.3, -0.25) is 10.1 Å². The number of halogens is 2. The van der Waals surface area contributed by atoms with E-state index in [1.165, 1.54) is 0 Å². The number of hydrogen-bond acceptors (Lipinski definition) is 5. The van der Waals surface area contributed by atoms with Gasteiger partial charge in [0.25, 0.3) is 0 Å². The highest BCUT2D eigenvalue weighted by atomic mass is 19.1. The Morgan fingerprint density at radius 3 is 2.39 bits per heavy atom. The predicted octanol–water partition coefficient (Wildman–Crippen LogP) is 4.77. The Morgan fingerprint density at radius 1 is 1.05 bits per heavy atom. The first kappa shape index (κ1) is 28.0. The van der Waals surface area contributed by atoms with Gasteiger partial charge in [-0.15, -0.1) is 0 Å². The lowest BCUT2D eigenvalue weighted by molar-refractivity contribution is -0.185. The highest BCUT2D eigenvalue weighted by Gasteiger charge is 2.60. The summed E-state index contributed by atoms with van der Waals surface area (Å²) < 4.78 is 32.8. The van der Waals surface area contributed by atoms with Gasteiger partial charge in [0.1, 0.15) is 17.7 Å². The second-order valence-corrected chi connectivity index (χ2v) is 11.2. The van der Waals surface area contributed by atoms with Crippen LogP contribution in [-0.4, -0.2) is 41.0 Å². The molecule has 2 aliphatic rings. The summed E-state index contributed by atoms with van der Waals surface area (Å²) in [6.45, 7) is 3.70. The average molecular weight is 531 g/mol. The van der Waals surface area contributed by atoms with Gasteiger partial charge in [0, 0.05) is 30.1 Å². The van der Waals surface area contributed by atoms with E-state index in [9.17, 15) is 28.6 Å². The van der Waals surface area contributed by atoms with Crippen LogP contribution in [-0.2, 0) is 16.1 Å². The van der Waals surface area contributed by atoms with Crippen molar-refractivity contribution in [2.45, 2.75) is 64.7 Å². The molecule has 206 valence electrons. The molecule has 7 nitrogen and oxygen atoms in total. The van der Waals surface area contributed by atoms with E-state index in [0.717, 1.165) is 18.2 Å². The van der Waals surface area contributed by atoms with Crippen LogP contribution in [0.5, 0.6) is 0 Å². The summed E-state index contributed by atoms with van der Waals surface area (Å²) in [5.74, 6) is -2.26. The van der Waals surface area contributed by atoms with E-state index < -0.39 is 46.7 Å². The third-order valence-electron chi connectivity index (χ3n) is 8.76. The van der Waals surface area contributed by atoms with Gasteiger partial charge in [0.2, 0.25) is 5.91 Å². The Bertz CT molecular complexity index is 1130. The fourth-order valence-corrected chi connectivity index (χ4v) is 6.76. The number of aliphatic hydroxyl groups excluding tert-OH is 2. The zero-order valence-corrected chi connectivity index (χ0v) is 21.8. The number of benzene rings is 2. The molecule has 0 spiro atoms. The highest BCUT2D eigenvalue weighted by Crippen LogP contribution is 2.61. The molecule has 0 unspecified atom stereocenters. The van der Waals surface area contributed by atoms with Gasteiger partial charge in [0.05, 0.1) is 12.7 Å². The molecule has 0 saturated heterocycles. The number of anilines is 1. The molecule has 0 bridgehead atoms. The van der Waals surface area contributed by atoms with Crippen molar-refractivity contribution in [1.29, 1.82) is 0 Å². The van der Waals surface area contributed by atoms with Crippen LogP contribution in [0.4, 0.5) is 19.3 Å². The second kappa shape index (κ2) is 11.4. The first-order valence-electron chi connectivity index (χ1n) is 13.1. The highest BCUT2D eigenvalue weighted by molar-refractivity contribution is 5.84. The van der Waals surface area contributed by atoms with Crippen LogP contribution in [0.25, 0.3) is 0 Å². The summed E-state index contributed by atoms with van der Waals surface area (Å²) in [7, 11) is 0. The van der Waals surface area contributed by atoms with Gasteiger partial charge in [-0.25, -0.2) is 13.6 Å². The maximum Gasteiger partial charge on any atom is 0.411 e. The first-order chi connectivity index (χ1) is 18.0. The van der Waals surface area contributed by atoms with E-state index in [-0.39, 0.29) is 31.4 Å². The van der Waals surface area contributed by atoms with Gasteiger partial charge in [0.15, 0.2) is 0 Å². The molecule has 2 amide bonds. The van der Waals surface area contributed by atoms with Crippen molar-refractivity contribution < 1.29 is 33.3 Å². The number of rotatable bonds is 7. The number of ether oxygens (including phenoxy) is 1. The van der Waals surface area contributed by atoms with E-state index >= 15 is 0 Å². The fraction of sp³-hybridized carbons (Fsp3) is 0.517. The Hall–Kier alpha value is -3.04. The van der Waals surface area contributed by atoms with Crippen molar-refractivity contribution in [2.75, 3.05) is 11.9 Å². The van der Waals surface area contributed by atoms with Crippen LogP contribution in [0.15, 0.2) is 48.5 Å². The molecule has 2 fully saturated rings. The monoisotopic (exact) mass is 530 g/mol. The van der Waals surface area contributed by atoms with Crippen LogP contribution in [0.1, 0.15) is 51.5 Å². The van der Waals surface area contributed by atoms with Gasteiger partial charge < -0.3 is 20.3 Å². The molecule has 6 atom stereocenters. The van der Waals surface area contributed by atoms with Gasteiger partial charge in [-0.05, 0) is 72.8 Å². The van der Waals surface area contributed by atoms with E-state index in [1.54, 1.807) is 24.3 Å². The molecule has 2 aromatic rings. The standard InChI is InChI=1S/C29H36F2N2O5/c1-28-11-10-25(38-27(37)33-21-6-4-3-5-7-21)29(2,17-34)24(28)9-8-23(35)22(28)15-26(36)32-16-18-12-19(30)14-20(31)13-18/h3-7,12-14,22-25,34-35H,8-11,15-17H2,1-2H3,(H,32,36)(H,33,37)/t22-,23-,24-,25-,28+,29+/m1/s1. The number of hydrogen-bond donors (Lipinski definition) is 4. The van der Waals surface area contributed by atoms with Gasteiger partial charge >= 0.3 is 6.09 Å². The van der Waals surface area contributed by atoms with Gasteiger partial charge in [-0.1, -0.05) is 32.0 Å². The average Bonchev–Trinajstić information content (AvgIpc) is 2.87. The van der Waals surface area contributed by atoms with Crippen LogP contribution >= 0.6 is 0 Å². The number of fused-ring (bicyclic) bond motifs is 1. The molecule has 0 heterocycles. The summed E-state index contributed by atoms with van der Waals surface area (Å²) in [6.07, 6.45) is 0.331. The van der Waals surface area contributed by atoms with Crippen molar-refractivity contribution in [2.24, 2.45) is 22.7 Å². The maximum atomic E-state index is 13.5. The molecule has 4 N–H and O–H groups in total. The Labute approximate surface area is 221 Å². The quantitative estimate of drug-likeness (QED) is 0.412. The minimum Gasteiger partial charge on any atom is -0.445 e. The second-order valence-electron chi connectivity index (χ2n) is 11.2. The van der Waals surface area contributed by atoms with Crippen molar-refractivity contribution in [1.82, 2.24) is 5.32 Å². The zero-order valence-electron chi connectivity index (χ0n) is 21.8. The molecule has 0 aliphatic heterocycles. The van der Waals surface area contributed by atoms with Gasteiger partial charge in [-0.2, -0.15) is 0 Å². The molecule has 9 heteroatoms. The molecular weight excluding hydrogens is 494 g/mol. The topological polar surface area (TPSA) is 108 Å². The molecule has 2 aromatic carbocycles. The Balaban J connectivity index is 1.45. The molecule has 0 aromatic heterocycles. The summed E-state index contributed by atoms with van der Waals surface area (Å²) in [6, 6.07) is 12.1. The summed E-state index contributed by atoms with van der Waals surface area (Å²) in [5.41, 5.74) is -0.345. The van der Waals surface area contributed by atoms with E-state index in [0.29, 0.717) is 36.9 Å². The van der Waals surface area contributed by atoms with Crippen LogP contribution in [0.3, 0.4) is 0 Å². The van der Waals surface area contributed by atoms with Crippen molar-refractivity contribution in [3.8, 4) is 0 Å². The number of amides is 2. The molecule has 2 aliphatic carbocycles. The normalized spacial score (nSPS) is 30.7. The number of aliphatic hydroxyl groups is 2. The summed E-state index contributed by atoms with van der Waals surface area (Å²) in [4.78, 5) is 25.6. The lowest BCUT2D eigenvalue weighted by Crippen LogP contribution is -2.61. The van der Waals surface area contributed by atoms with E-state index in [4.69, 9.17) is 4.74 Å². The zero-order chi connectivity index (χ0) is 27.5. The van der Waals surface area contributed by atoms with Crippen molar-refractivity contribution >= 4 is 17.7 Å². The van der Waals surface area contributed by atoms with Crippen molar-refractivity contribution in [3.05, 3.63) is 65.7 Å². The smallest absolute Gasteiger partial charge is 0.411 e. The fourth-order valence-electron chi connectivity index (χ4n) is 6.76. The molecular formula is C29H36F2N2O5. The lowest BCUT2D eigenvalue weighted by atomic mass is 9.46. The van der Waals surface area contributed by atoms with Crippen molar-refractivity contribution in [3.63, 3.8) is 0 Å². The number of carbonyl (C=O) groups is 2. The molecule has 0 radical (unpaired) electrons. The molecule has 38 heavy (non-hydrogen) atoms. The predicted molar refractivity (Wildman–Crippen MR) is 138 cm³/mol. The third-order valence-corrected chi connectivity index (χ3v) is 8.76. The largest absolute Gasteiger partial charge is 0.445 e. The van der Waals surface area contributed by atoms with E-state index in [1.807, 2.05) is 19.9 Å². The summed E-state index contributed by atoms with van der Waals surface area (Å²) >= 11 is 0. The first-order valence-corrected chi connectivity index (χ1v) is 13.1. The van der Waals surface area contributed by atoms with E-state index in [2.05, 4.69) is 10.6 Å². The minimum atomic E-state index is -0.769. The Kier molecular flexibility index (Phi) is 8.37. The SMILES string of the molecule is C[C@]1(CO)[C@@H]2CC[C@@H](O)[C@@H](CC(=O)NCc3cc(F)cc(F)c3)[C@]2(C)CC[C@H]1OC(=O)Nc1ccccc1. The van der Waals surface area contributed by atoms with Crippen LogP contribution < -0.4 is 10.6 Å².